The van der Waals surface area contributed by atoms with Gasteiger partial charge >= 0.3 is 0 Å². The summed E-state index contributed by atoms with van der Waals surface area (Å²) in [6.07, 6.45) is 3.86. The topological polar surface area (TPSA) is 81.0 Å². The summed E-state index contributed by atoms with van der Waals surface area (Å²) in [7, 11) is 4.06. The molecular weight excluding hydrogens is 520 g/mol. The van der Waals surface area contributed by atoms with Gasteiger partial charge in [-0.05, 0) is 62.1 Å². The zero-order valence-corrected chi connectivity index (χ0v) is 22.2. The minimum Gasteiger partial charge on any atom is -0.491 e. The van der Waals surface area contributed by atoms with E-state index in [1.807, 2.05) is 50.6 Å². The zero-order valence-electron chi connectivity index (χ0n) is 21.4. The van der Waals surface area contributed by atoms with Crippen LogP contribution in [0, 0.1) is 11.6 Å². The number of anilines is 1. The molecular formula is C28H25F2N7OS. The average molecular weight is 546 g/mol. The summed E-state index contributed by atoms with van der Waals surface area (Å²) in [5, 5.41) is 7.52. The number of benzene rings is 1. The van der Waals surface area contributed by atoms with Crippen molar-refractivity contribution in [2.24, 2.45) is 0 Å². The van der Waals surface area contributed by atoms with Gasteiger partial charge in [0.1, 0.15) is 35.1 Å². The lowest BCUT2D eigenvalue weighted by Gasteiger charge is -2.11. The molecule has 0 spiro atoms. The third kappa shape index (κ3) is 5.10. The number of hydrogen-bond acceptors (Lipinski definition) is 8. The number of halogens is 2. The fourth-order valence-corrected chi connectivity index (χ4v) is 5.57. The fourth-order valence-electron chi connectivity index (χ4n) is 4.38. The molecule has 1 aliphatic rings. The highest BCUT2D eigenvalue weighted by Crippen LogP contribution is 2.43. The van der Waals surface area contributed by atoms with E-state index >= 15 is 0 Å². The van der Waals surface area contributed by atoms with Crippen molar-refractivity contribution in [3.63, 3.8) is 0 Å². The predicted octanol–water partition coefficient (Wildman–Crippen LogP) is 5.31. The number of likely N-dealkylation sites (N-methyl/N-ethyl adjacent to an activating group) is 1. The van der Waals surface area contributed by atoms with Crippen LogP contribution in [0.25, 0.3) is 38.2 Å². The standard InChI is InChI=1S/C28H25F2N7OS/c1-36(2)11-10-31-25-8-3-18(15-32-25)21-5-7-23-26(35-21)27-17(9-12-38-23)13-24(39-27)28-33-16-34-37(28)22-6-4-19(29)14-20(22)30/h3-8,13-16H,9-12H2,1-2H3,(H,31,32). The summed E-state index contributed by atoms with van der Waals surface area (Å²) < 4.78 is 35.4. The van der Waals surface area contributed by atoms with Crippen molar-refractivity contribution < 1.29 is 13.5 Å². The molecule has 0 saturated carbocycles. The molecule has 6 rings (SSSR count). The maximum atomic E-state index is 14.5. The average Bonchev–Trinajstić information content (AvgIpc) is 3.53. The number of nitrogens with one attached hydrogen (secondary N) is 1. The highest BCUT2D eigenvalue weighted by atomic mass is 32.1. The molecule has 5 heterocycles. The van der Waals surface area contributed by atoms with Crippen LogP contribution in [-0.2, 0) is 6.42 Å². The van der Waals surface area contributed by atoms with Gasteiger partial charge in [0.15, 0.2) is 11.6 Å². The molecule has 0 radical (unpaired) electrons. The Morgan fingerprint density at radius 3 is 2.77 bits per heavy atom. The second kappa shape index (κ2) is 10.5. The van der Waals surface area contributed by atoms with E-state index in [-0.39, 0.29) is 5.69 Å². The SMILES string of the molecule is CN(C)CCNc1ccc(-c2ccc3c(n2)-c2sc(-c4ncnn4-c4ccc(F)cc4F)cc2CCO3)cn1. The van der Waals surface area contributed by atoms with E-state index < -0.39 is 11.6 Å². The number of pyridine rings is 2. The number of rotatable bonds is 7. The summed E-state index contributed by atoms with van der Waals surface area (Å²) in [6.45, 7) is 2.22. The smallest absolute Gasteiger partial charge is 0.173 e. The van der Waals surface area contributed by atoms with E-state index in [9.17, 15) is 8.78 Å². The van der Waals surface area contributed by atoms with Crippen molar-refractivity contribution in [3.05, 3.63) is 78.3 Å². The monoisotopic (exact) mass is 545 g/mol. The van der Waals surface area contributed by atoms with Crippen LogP contribution in [0.1, 0.15) is 5.56 Å². The van der Waals surface area contributed by atoms with E-state index in [0.29, 0.717) is 24.6 Å². The second-order valence-electron chi connectivity index (χ2n) is 9.36. The van der Waals surface area contributed by atoms with Crippen molar-refractivity contribution in [1.29, 1.82) is 0 Å². The third-order valence-corrected chi connectivity index (χ3v) is 7.52. The summed E-state index contributed by atoms with van der Waals surface area (Å²) in [6, 6.07) is 13.2. The number of ether oxygens (including phenoxy) is 1. The number of fused-ring (bicyclic) bond motifs is 3. The first-order valence-electron chi connectivity index (χ1n) is 12.4. The molecule has 0 unspecified atom stereocenters. The third-order valence-electron chi connectivity index (χ3n) is 6.34. The van der Waals surface area contributed by atoms with Gasteiger partial charge in [0.25, 0.3) is 0 Å². The predicted molar refractivity (Wildman–Crippen MR) is 147 cm³/mol. The van der Waals surface area contributed by atoms with Crippen molar-refractivity contribution >= 4 is 17.2 Å². The molecule has 4 aromatic heterocycles. The normalized spacial score (nSPS) is 12.5. The molecule has 39 heavy (non-hydrogen) atoms. The Labute approximate surface area is 228 Å². The quantitative estimate of drug-likeness (QED) is 0.297. The maximum Gasteiger partial charge on any atom is 0.173 e. The van der Waals surface area contributed by atoms with Crippen LogP contribution in [0.4, 0.5) is 14.6 Å². The number of nitrogens with zero attached hydrogens (tertiary/aromatic N) is 6. The lowest BCUT2D eigenvalue weighted by atomic mass is 10.1. The van der Waals surface area contributed by atoms with Gasteiger partial charge in [-0.3, -0.25) is 0 Å². The molecule has 8 nitrogen and oxygen atoms in total. The molecule has 11 heteroatoms. The van der Waals surface area contributed by atoms with Crippen molar-refractivity contribution in [3.8, 4) is 44.0 Å². The Hall–Kier alpha value is -4.22. The van der Waals surface area contributed by atoms with E-state index in [1.54, 1.807) is 0 Å². The summed E-state index contributed by atoms with van der Waals surface area (Å²) in [4.78, 5) is 17.8. The van der Waals surface area contributed by atoms with Gasteiger partial charge in [-0.2, -0.15) is 5.10 Å². The van der Waals surface area contributed by atoms with Crippen LogP contribution >= 0.6 is 11.3 Å². The molecule has 0 saturated heterocycles. The van der Waals surface area contributed by atoms with E-state index in [0.717, 1.165) is 57.2 Å². The molecule has 0 bridgehead atoms. The first-order chi connectivity index (χ1) is 19.0. The van der Waals surface area contributed by atoms with Gasteiger partial charge in [-0.25, -0.2) is 28.4 Å². The zero-order chi connectivity index (χ0) is 26.9. The van der Waals surface area contributed by atoms with E-state index in [4.69, 9.17) is 9.72 Å². The highest BCUT2D eigenvalue weighted by molar-refractivity contribution is 7.19. The molecule has 5 aromatic rings. The molecule has 1 N–H and O–H groups in total. The molecule has 198 valence electrons. The Kier molecular flexibility index (Phi) is 6.76. The Bertz CT molecular complexity index is 1630. The Balaban J connectivity index is 1.33. The summed E-state index contributed by atoms with van der Waals surface area (Å²) in [5.41, 5.74) is 3.60. The molecule has 1 aromatic carbocycles. The minimum atomic E-state index is -0.711. The van der Waals surface area contributed by atoms with Crippen molar-refractivity contribution in [2.75, 3.05) is 39.1 Å². The van der Waals surface area contributed by atoms with Crippen molar-refractivity contribution in [1.82, 2.24) is 29.6 Å². The van der Waals surface area contributed by atoms with Crippen LogP contribution in [0.15, 0.2) is 61.1 Å². The number of hydrogen-bond donors (Lipinski definition) is 1. The van der Waals surface area contributed by atoms with E-state index in [1.165, 1.54) is 34.5 Å². The van der Waals surface area contributed by atoms with Gasteiger partial charge < -0.3 is 15.0 Å². The molecule has 0 atom stereocenters. The van der Waals surface area contributed by atoms with Crippen LogP contribution in [0.3, 0.4) is 0 Å². The lowest BCUT2D eigenvalue weighted by molar-refractivity contribution is 0.325. The largest absolute Gasteiger partial charge is 0.491 e. The lowest BCUT2D eigenvalue weighted by Crippen LogP contribution is -2.21. The molecule has 1 aliphatic heterocycles. The highest BCUT2D eigenvalue weighted by Gasteiger charge is 2.24. The second-order valence-corrected chi connectivity index (χ2v) is 10.4. The number of thiophene rings is 1. The molecule has 0 fully saturated rings. The van der Waals surface area contributed by atoms with Gasteiger partial charge in [-0.15, -0.1) is 11.3 Å². The maximum absolute atomic E-state index is 14.5. The Morgan fingerprint density at radius 1 is 1.08 bits per heavy atom. The van der Waals surface area contributed by atoms with E-state index in [2.05, 4.69) is 25.3 Å². The van der Waals surface area contributed by atoms with Gasteiger partial charge in [-0.1, -0.05) is 0 Å². The molecule has 0 amide bonds. The van der Waals surface area contributed by atoms with Crippen molar-refractivity contribution in [2.45, 2.75) is 6.42 Å². The van der Waals surface area contributed by atoms with Gasteiger partial charge in [0.2, 0.25) is 0 Å². The van der Waals surface area contributed by atoms with Crippen LogP contribution < -0.4 is 10.1 Å². The van der Waals surface area contributed by atoms with Crippen LogP contribution in [0.5, 0.6) is 5.75 Å². The summed E-state index contributed by atoms with van der Waals surface area (Å²) in [5.74, 6) is 0.623. The van der Waals surface area contributed by atoms with Crippen LogP contribution in [0.2, 0.25) is 0 Å². The fraction of sp³-hybridized carbons (Fsp3) is 0.214. The first kappa shape index (κ1) is 25.1. The minimum absolute atomic E-state index is 0.129. The van der Waals surface area contributed by atoms with Gasteiger partial charge in [0, 0.05) is 37.3 Å². The molecule has 0 aliphatic carbocycles. The number of aromatic nitrogens is 5. The Morgan fingerprint density at radius 2 is 1.97 bits per heavy atom. The van der Waals surface area contributed by atoms with Gasteiger partial charge in [0.05, 0.1) is 22.1 Å². The summed E-state index contributed by atoms with van der Waals surface area (Å²) >= 11 is 1.49. The van der Waals surface area contributed by atoms with Crippen LogP contribution in [-0.4, -0.2) is 63.4 Å². The first-order valence-corrected chi connectivity index (χ1v) is 13.3.